The summed E-state index contributed by atoms with van der Waals surface area (Å²) >= 11 is 0. The third-order valence-corrected chi connectivity index (χ3v) is 7.23. The monoisotopic (exact) mass is 466 g/mol. The van der Waals surface area contributed by atoms with Crippen molar-refractivity contribution in [1.29, 1.82) is 0 Å². The van der Waals surface area contributed by atoms with E-state index in [2.05, 4.69) is 53.1 Å². The number of anilines is 2. The van der Waals surface area contributed by atoms with Crippen LogP contribution in [-0.4, -0.2) is 51.5 Å². The lowest BCUT2D eigenvalue weighted by Gasteiger charge is -2.38. The summed E-state index contributed by atoms with van der Waals surface area (Å²) in [7, 11) is 0. The van der Waals surface area contributed by atoms with Crippen molar-refractivity contribution in [3.63, 3.8) is 0 Å². The summed E-state index contributed by atoms with van der Waals surface area (Å²) in [6, 6.07) is 16.5. The molecule has 2 aromatic carbocycles. The van der Waals surface area contributed by atoms with E-state index >= 15 is 0 Å². The predicted octanol–water partition coefficient (Wildman–Crippen LogP) is 4.04. The summed E-state index contributed by atoms with van der Waals surface area (Å²) < 4.78 is 1.99. The van der Waals surface area contributed by atoms with Crippen LogP contribution in [0.5, 0.6) is 0 Å². The maximum absolute atomic E-state index is 11.6. The van der Waals surface area contributed by atoms with E-state index in [4.69, 9.17) is 15.1 Å². The molecule has 0 atom stereocenters. The summed E-state index contributed by atoms with van der Waals surface area (Å²) in [5.41, 5.74) is 6.92. The Morgan fingerprint density at radius 3 is 2.31 bits per heavy atom. The standard InChI is InChI=1S/C28H30N6O/c1-19-6-8-21(9-7-19)18-26-30-28-29-25-5-3-4-24(25)27(34(28)31-26)33-16-14-32(15-17-33)23-12-10-22(11-13-23)20(2)35/h6-13H,3-5,14-18H2,1-2H3. The number of ketones is 1. The van der Waals surface area contributed by atoms with E-state index in [1.807, 2.05) is 16.6 Å². The average molecular weight is 467 g/mol. The van der Waals surface area contributed by atoms with Gasteiger partial charge in [0.2, 0.25) is 0 Å². The van der Waals surface area contributed by atoms with Crippen LogP contribution in [-0.2, 0) is 19.3 Å². The largest absolute Gasteiger partial charge is 0.368 e. The van der Waals surface area contributed by atoms with Crippen LogP contribution in [0.3, 0.4) is 0 Å². The minimum Gasteiger partial charge on any atom is -0.368 e. The minimum absolute atomic E-state index is 0.103. The molecule has 6 rings (SSSR count). The fraction of sp³-hybridized carbons (Fsp3) is 0.357. The third kappa shape index (κ3) is 4.16. The fourth-order valence-electron chi connectivity index (χ4n) is 5.27. The molecule has 0 amide bonds. The van der Waals surface area contributed by atoms with Gasteiger partial charge in [0.15, 0.2) is 11.6 Å². The van der Waals surface area contributed by atoms with Gasteiger partial charge >= 0.3 is 0 Å². The lowest BCUT2D eigenvalue weighted by Crippen LogP contribution is -2.47. The normalized spacial score (nSPS) is 15.6. The van der Waals surface area contributed by atoms with Crippen LogP contribution in [0.1, 0.15) is 51.9 Å². The number of hydrogen-bond acceptors (Lipinski definition) is 6. The fourth-order valence-corrected chi connectivity index (χ4v) is 5.27. The number of rotatable bonds is 5. The first-order valence-electron chi connectivity index (χ1n) is 12.5. The number of carbonyl (C=O) groups is 1. The lowest BCUT2D eigenvalue weighted by molar-refractivity contribution is 0.101. The number of fused-ring (bicyclic) bond motifs is 2. The van der Waals surface area contributed by atoms with Crippen molar-refractivity contribution in [2.24, 2.45) is 0 Å². The molecular weight excluding hydrogens is 436 g/mol. The van der Waals surface area contributed by atoms with Crippen molar-refractivity contribution in [2.45, 2.75) is 39.5 Å². The van der Waals surface area contributed by atoms with Crippen LogP contribution in [0.2, 0.25) is 0 Å². The first kappa shape index (κ1) is 21.8. The number of aryl methyl sites for hydroxylation is 2. The molecular formula is C28H30N6O. The molecule has 2 aromatic heterocycles. The van der Waals surface area contributed by atoms with Crippen molar-refractivity contribution in [3.8, 4) is 0 Å². The van der Waals surface area contributed by atoms with E-state index in [0.717, 1.165) is 56.8 Å². The van der Waals surface area contributed by atoms with E-state index in [-0.39, 0.29) is 5.78 Å². The molecule has 1 saturated heterocycles. The van der Waals surface area contributed by atoms with Gasteiger partial charge in [0, 0.05) is 49.4 Å². The van der Waals surface area contributed by atoms with Crippen molar-refractivity contribution < 1.29 is 4.79 Å². The lowest BCUT2D eigenvalue weighted by atomic mass is 10.1. The highest BCUT2D eigenvalue weighted by Gasteiger charge is 2.28. The molecule has 0 radical (unpaired) electrons. The van der Waals surface area contributed by atoms with Gasteiger partial charge < -0.3 is 9.80 Å². The molecule has 0 N–H and O–H groups in total. The summed E-state index contributed by atoms with van der Waals surface area (Å²) in [5.74, 6) is 2.81. The molecule has 0 saturated carbocycles. The van der Waals surface area contributed by atoms with E-state index < -0.39 is 0 Å². The molecule has 35 heavy (non-hydrogen) atoms. The van der Waals surface area contributed by atoms with Gasteiger partial charge in [0.05, 0.1) is 5.69 Å². The Balaban J connectivity index is 1.27. The van der Waals surface area contributed by atoms with Gasteiger partial charge in [-0.25, -0.2) is 4.98 Å². The van der Waals surface area contributed by atoms with Crippen LogP contribution < -0.4 is 9.80 Å². The molecule has 3 heterocycles. The maximum Gasteiger partial charge on any atom is 0.254 e. The Morgan fingerprint density at radius 1 is 0.886 bits per heavy atom. The van der Waals surface area contributed by atoms with Gasteiger partial charge in [-0.1, -0.05) is 29.8 Å². The molecule has 7 heteroatoms. The highest BCUT2D eigenvalue weighted by molar-refractivity contribution is 5.94. The smallest absolute Gasteiger partial charge is 0.254 e. The zero-order valence-electron chi connectivity index (χ0n) is 20.4. The van der Waals surface area contributed by atoms with Crippen molar-refractivity contribution in [1.82, 2.24) is 19.6 Å². The van der Waals surface area contributed by atoms with E-state index in [1.165, 1.54) is 33.9 Å². The first-order valence-corrected chi connectivity index (χ1v) is 12.5. The molecule has 0 bridgehead atoms. The molecule has 4 aromatic rings. The van der Waals surface area contributed by atoms with Crippen LogP contribution in [0.4, 0.5) is 11.5 Å². The molecule has 7 nitrogen and oxygen atoms in total. The van der Waals surface area contributed by atoms with Crippen molar-refractivity contribution in [2.75, 3.05) is 36.0 Å². The molecule has 2 aliphatic rings. The van der Waals surface area contributed by atoms with Crippen LogP contribution in [0.25, 0.3) is 5.78 Å². The SMILES string of the molecule is CC(=O)c1ccc(N2CCN(c3c4c(nc5nc(Cc6ccc(C)cc6)nn35)CCC4)CC2)cc1. The number of hydrogen-bond donors (Lipinski definition) is 0. The number of benzene rings is 2. The average Bonchev–Trinajstić information content (AvgIpc) is 3.50. The second kappa shape index (κ2) is 8.80. The van der Waals surface area contributed by atoms with Crippen LogP contribution in [0, 0.1) is 6.92 Å². The zero-order chi connectivity index (χ0) is 23.9. The van der Waals surface area contributed by atoms with Gasteiger partial charge in [0.1, 0.15) is 5.82 Å². The number of nitrogens with zero attached hydrogens (tertiary/aromatic N) is 6. The number of aromatic nitrogens is 4. The highest BCUT2D eigenvalue weighted by atomic mass is 16.1. The Bertz CT molecular complexity index is 1380. The maximum atomic E-state index is 11.6. The molecule has 0 unspecified atom stereocenters. The predicted molar refractivity (Wildman–Crippen MR) is 138 cm³/mol. The van der Waals surface area contributed by atoms with Crippen molar-refractivity contribution in [3.05, 3.63) is 82.3 Å². The Hall–Kier alpha value is -3.74. The highest BCUT2D eigenvalue weighted by Crippen LogP contribution is 2.32. The number of Topliss-reactive ketones (excluding diaryl/α,β-unsaturated/α-hetero) is 1. The molecule has 1 fully saturated rings. The molecule has 178 valence electrons. The summed E-state index contributed by atoms with van der Waals surface area (Å²) in [5, 5.41) is 4.94. The first-order chi connectivity index (χ1) is 17.0. The van der Waals surface area contributed by atoms with E-state index in [9.17, 15) is 4.79 Å². The minimum atomic E-state index is 0.103. The second-order valence-corrected chi connectivity index (χ2v) is 9.69. The van der Waals surface area contributed by atoms with Crippen LogP contribution >= 0.6 is 0 Å². The third-order valence-electron chi connectivity index (χ3n) is 7.23. The Kier molecular flexibility index (Phi) is 5.47. The van der Waals surface area contributed by atoms with Gasteiger partial charge in [-0.05, 0) is 62.9 Å². The summed E-state index contributed by atoms with van der Waals surface area (Å²) in [6.45, 7) is 7.37. The van der Waals surface area contributed by atoms with E-state index in [1.54, 1.807) is 6.92 Å². The molecule has 1 aliphatic carbocycles. The topological polar surface area (TPSA) is 66.6 Å². The molecule has 0 spiro atoms. The number of piperazine rings is 1. The number of carbonyl (C=O) groups excluding carboxylic acids is 1. The Labute approximate surface area is 205 Å². The van der Waals surface area contributed by atoms with E-state index in [0.29, 0.717) is 12.2 Å². The Morgan fingerprint density at radius 2 is 1.60 bits per heavy atom. The van der Waals surface area contributed by atoms with Gasteiger partial charge in [-0.3, -0.25) is 4.79 Å². The summed E-state index contributed by atoms with van der Waals surface area (Å²) in [6.07, 6.45) is 3.91. The van der Waals surface area contributed by atoms with Gasteiger partial charge in [0.25, 0.3) is 5.78 Å². The molecule has 1 aliphatic heterocycles. The van der Waals surface area contributed by atoms with Crippen molar-refractivity contribution >= 4 is 23.1 Å². The van der Waals surface area contributed by atoms with Gasteiger partial charge in [-0.15, -0.1) is 5.10 Å². The van der Waals surface area contributed by atoms with Gasteiger partial charge in [-0.2, -0.15) is 9.50 Å². The zero-order valence-corrected chi connectivity index (χ0v) is 20.4. The van der Waals surface area contributed by atoms with Crippen LogP contribution in [0.15, 0.2) is 48.5 Å². The second-order valence-electron chi connectivity index (χ2n) is 9.69. The quantitative estimate of drug-likeness (QED) is 0.414. The summed E-state index contributed by atoms with van der Waals surface area (Å²) in [4.78, 5) is 26.2.